The van der Waals surface area contributed by atoms with Crippen LogP contribution in [0.4, 0.5) is 0 Å². The van der Waals surface area contributed by atoms with Crippen LogP contribution in [0.5, 0.6) is 0 Å². The lowest BCUT2D eigenvalue weighted by atomic mass is 10.4. The molecule has 6 heteroatoms. The molecule has 0 unspecified atom stereocenters. The number of aromatic carboxylic acids is 1. The van der Waals surface area contributed by atoms with E-state index < -0.39 is 5.97 Å². The Hall–Kier alpha value is -1.43. The Labute approximate surface area is 68.6 Å². The Morgan fingerprint density at radius 3 is 3.00 bits per heavy atom. The van der Waals surface area contributed by atoms with Gasteiger partial charge >= 0.3 is 5.97 Å². The van der Waals surface area contributed by atoms with Gasteiger partial charge in [-0.2, -0.15) is 4.98 Å². The van der Waals surface area contributed by atoms with Gasteiger partial charge in [0.25, 0.3) is 5.82 Å². The summed E-state index contributed by atoms with van der Waals surface area (Å²) < 4.78 is 4.65. The SMILES string of the molecule is CNCCc1nc(C(=O)O)no1. The van der Waals surface area contributed by atoms with Gasteiger partial charge in [0, 0.05) is 13.0 Å². The van der Waals surface area contributed by atoms with Crippen molar-refractivity contribution in [3.05, 3.63) is 11.7 Å². The monoisotopic (exact) mass is 171 g/mol. The number of nitrogens with one attached hydrogen (secondary N) is 1. The maximum atomic E-state index is 10.3. The number of hydrogen-bond donors (Lipinski definition) is 2. The van der Waals surface area contributed by atoms with E-state index in [0.29, 0.717) is 18.9 Å². The fraction of sp³-hybridized carbons (Fsp3) is 0.500. The molecule has 0 aliphatic rings. The highest BCUT2D eigenvalue weighted by Gasteiger charge is 2.11. The summed E-state index contributed by atoms with van der Waals surface area (Å²) in [5.74, 6) is -1.13. The van der Waals surface area contributed by atoms with E-state index in [0.717, 1.165) is 0 Å². The minimum Gasteiger partial charge on any atom is -0.475 e. The second-order valence-electron chi connectivity index (χ2n) is 2.17. The maximum absolute atomic E-state index is 10.3. The van der Waals surface area contributed by atoms with Crippen molar-refractivity contribution < 1.29 is 14.4 Å². The van der Waals surface area contributed by atoms with Crippen LogP contribution in [0.25, 0.3) is 0 Å². The van der Waals surface area contributed by atoms with Crippen LogP contribution in [0.2, 0.25) is 0 Å². The van der Waals surface area contributed by atoms with E-state index in [4.69, 9.17) is 5.11 Å². The van der Waals surface area contributed by atoms with E-state index in [1.165, 1.54) is 0 Å². The molecule has 0 bridgehead atoms. The summed E-state index contributed by atoms with van der Waals surface area (Å²) in [6.45, 7) is 0.682. The van der Waals surface area contributed by atoms with Crippen molar-refractivity contribution in [2.24, 2.45) is 0 Å². The molecule has 0 saturated carbocycles. The lowest BCUT2D eigenvalue weighted by Crippen LogP contribution is -2.10. The van der Waals surface area contributed by atoms with Crippen molar-refractivity contribution in [3.8, 4) is 0 Å². The molecule has 12 heavy (non-hydrogen) atoms. The number of aromatic nitrogens is 2. The van der Waals surface area contributed by atoms with Crippen LogP contribution in [0.15, 0.2) is 4.52 Å². The van der Waals surface area contributed by atoms with Gasteiger partial charge in [-0.1, -0.05) is 0 Å². The van der Waals surface area contributed by atoms with Crippen LogP contribution >= 0.6 is 0 Å². The zero-order valence-electron chi connectivity index (χ0n) is 6.57. The second kappa shape index (κ2) is 3.82. The summed E-state index contributed by atoms with van der Waals surface area (Å²) in [4.78, 5) is 13.9. The first-order chi connectivity index (χ1) is 5.74. The highest BCUT2D eigenvalue weighted by molar-refractivity contribution is 5.82. The molecule has 0 aliphatic heterocycles. The van der Waals surface area contributed by atoms with E-state index in [2.05, 4.69) is 20.0 Å². The third-order valence-electron chi connectivity index (χ3n) is 1.25. The van der Waals surface area contributed by atoms with Crippen molar-refractivity contribution >= 4 is 5.97 Å². The van der Waals surface area contributed by atoms with Crippen LogP contribution in [0, 0.1) is 0 Å². The Balaban J connectivity index is 2.58. The van der Waals surface area contributed by atoms with Gasteiger partial charge in [0.2, 0.25) is 5.89 Å². The zero-order valence-corrected chi connectivity index (χ0v) is 6.57. The Morgan fingerprint density at radius 1 is 1.75 bits per heavy atom. The predicted octanol–water partition coefficient (Wildman–Crippen LogP) is -0.470. The van der Waals surface area contributed by atoms with E-state index in [1.807, 2.05) is 0 Å². The van der Waals surface area contributed by atoms with Gasteiger partial charge in [-0.3, -0.25) is 0 Å². The van der Waals surface area contributed by atoms with Crippen molar-refractivity contribution in [1.29, 1.82) is 0 Å². The molecular formula is C6H9N3O3. The summed E-state index contributed by atoms with van der Waals surface area (Å²) in [5.41, 5.74) is 0. The number of hydrogen-bond acceptors (Lipinski definition) is 5. The first-order valence-electron chi connectivity index (χ1n) is 3.44. The molecule has 0 atom stereocenters. The Kier molecular flexibility index (Phi) is 2.76. The zero-order chi connectivity index (χ0) is 8.97. The van der Waals surface area contributed by atoms with Crippen molar-refractivity contribution in [2.75, 3.05) is 13.6 Å². The van der Waals surface area contributed by atoms with Crippen molar-refractivity contribution in [1.82, 2.24) is 15.5 Å². The molecule has 0 saturated heterocycles. The minimum absolute atomic E-state index is 0.291. The quantitative estimate of drug-likeness (QED) is 0.636. The molecule has 0 spiro atoms. The molecule has 66 valence electrons. The third kappa shape index (κ3) is 2.03. The lowest BCUT2D eigenvalue weighted by molar-refractivity contribution is 0.0680. The molecule has 1 rings (SSSR count). The molecule has 0 aromatic carbocycles. The summed E-state index contributed by atoms with van der Waals surface area (Å²) in [6, 6.07) is 0. The topological polar surface area (TPSA) is 88.2 Å². The van der Waals surface area contributed by atoms with Gasteiger partial charge in [0.05, 0.1) is 0 Å². The molecule has 1 aromatic rings. The molecule has 0 radical (unpaired) electrons. The number of carboxylic acid groups (broad SMARTS) is 1. The fourth-order valence-corrected chi connectivity index (χ4v) is 0.675. The maximum Gasteiger partial charge on any atom is 0.377 e. The number of carbonyl (C=O) groups is 1. The van der Waals surface area contributed by atoms with E-state index in [9.17, 15) is 4.79 Å². The molecule has 0 fully saturated rings. The highest BCUT2D eigenvalue weighted by Crippen LogP contribution is 1.96. The minimum atomic E-state index is -1.17. The number of likely N-dealkylation sites (N-methyl/N-ethyl adjacent to an activating group) is 1. The number of nitrogens with zero attached hydrogens (tertiary/aromatic N) is 2. The van der Waals surface area contributed by atoms with Crippen molar-refractivity contribution in [2.45, 2.75) is 6.42 Å². The van der Waals surface area contributed by atoms with Gasteiger partial charge in [0.15, 0.2) is 0 Å². The second-order valence-corrected chi connectivity index (χ2v) is 2.17. The summed E-state index contributed by atoms with van der Waals surface area (Å²) in [7, 11) is 1.79. The number of carboxylic acids is 1. The van der Waals surface area contributed by atoms with Crippen LogP contribution < -0.4 is 5.32 Å². The van der Waals surface area contributed by atoms with Crippen LogP contribution in [-0.2, 0) is 6.42 Å². The molecule has 6 nitrogen and oxygen atoms in total. The summed E-state index contributed by atoms with van der Waals surface area (Å²) in [5, 5.41) is 14.6. The molecule has 2 N–H and O–H groups in total. The number of rotatable bonds is 4. The average molecular weight is 171 g/mol. The highest BCUT2D eigenvalue weighted by atomic mass is 16.5. The van der Waals surface area contributed by atoms with Gasteiger partial charge in [-0.25, -0.2) is 4.79 Å². The first kappa shape index (κ1) is 8.66. The van der Waals surface area contributed by atoms with Crippen molar-refractivity contribution in [3.63, 3.8) is 0 Å². The van der Waals surface area contributed by atoms with Crippen LogP contribution in [0.1, 0.15) is 16.5 Å². The van der Waals surface area contributed by atoms with Crippen LogP contribution in [-0.4, -0.2) is 34.8 Å². The fourth-order valence-electron chi connectivity index (χ4n) is 0.675. The molecule has 1 aromatic heterocycles. The van der Waals surface area contributed by atoms with E-state index in [-0.39, 0.29) is 5.82 Å². The first-order valence-corrected chi connectivity index (χ1v) is 3.44. The Bertz CT molecular complexity index is 271. The third-order valence-corrected chi connectivity index (χ3v) is 1.25. The van der Waals surface area contributed by atoms with E-state index >= 15 is 0 Å². The van der Waals surface area contributed by atoms with E-state index in [1.54, 1.807) is 7.05 Å². The lowest BCUT2D eigenvalue weighted by Gasteiger charge is -1.90. The van der Waals surface area contributed by atoms with Gasteiger partial charge in [0.1, 0.15) is 0 Å². The molecule has 1 heterocycles. The smallest absolute Gasteiger partial charge is 0.377 e. The normalized spacial score (nSPS) is 10.1. The standard InChI is InChI=1S/C6H9N3O3/c1-7-3-2-4-8-5(6(10)11)9-12-4/h7H,2-3H2,1H3,(H,10,11). The van der Waals surface area contributed by atoms with Gasteiger partial charge < -0.3 is 14.9 Å². The molecule has 0 amide bonds. The predicted molar refractivity (Wildman–Crippen MR) is 38.9 cm³/mol. The summed E-state index contributed by atoms with van der Waals surface area (Å²) in [6.07, 6.45) is 0.538. The average Bonchev–Trinajstić information content (AvgIpc) is 2.48. The molecular weight excluding hydrogens is 162 g/mol. The molecule has 0 aliphatic carbocycles. The largest absolute Gasteiger partial charge is 0.475 e. The Morgan fingerprint density at radius 2 is 2.50 bits per heavy atom. The van der Waals surface area contributed by atoms with Gasteiger partial charge in [-0.05, 0) is 12.2 Å². The van der Waals surface area contributed by atoms with Gasteiger partial charge in [-0.15, -0.1) is 0 Å². The van der Waals surface area contributed by atoms with Crippen LogP contribution in [0.3, 0.4) is 0 Å². The summed E-state index contributed by atoms with van der Waals surface area (Å²) >= 11 is 0.